The molecule has 0 saturated carbocycles. The first kappa shape index (κ1) is 19.6. The van der Waals surface area contributed by atoms with Crippen molar-refractivity contribution in [1.29, 1.82) is 0 Å². The van der Waals surface area contributed by atoms with Crippen LogP contribution in [-0.2, 0) is 16.0 Å². The van der Waals surface area contributed by atoms with E-state index in [0.717, 1.165) is 11.1 Å². The lowest BCUT2D eigenvalue weighted by Gasteiger charge is -2.09. The van der Waals surface area contributed by atoms with Gasteiger partial charge in [-0.05, 0) is 41.9 Å². The third kappa shape index (κ3) is 7.04. The zero-order valence-electron chi connectivity index (χ0n) is 13.9. The lowest BCUT2D eigenvalue weighted by molar-refractivity contribution is -0.121. The van der Waals surface area contributed by atoms with E-state index in [-0.39, 0.29) is 11.0 Å². The molecule has 0 heterocycles. The summed E-state index contributed by atoms with van der Waals surface area (Å²) in [6.07, 6.45) is 3.82. The molecule has 3 N–H and O–H groups in total. The fourth-order valence-corrected chi connectivity index (χ4v) is 2.40. The Bertz CT molecular complexity index is 809. The van der Waals surface area contributed by atoms with Crippen molar-refractivity contribution in [3.05, 3.63) is 76.8 Å². The Labute approximate surface area is 162 Å². The summed E-state index contributed by atoms with van der Waals surface area (Å²) in [6.45, 7) is 0. The standard InChI is InChI=1S/C19H18ClN3O2S/c20-16-9-5-4-8-15(16)11-13-17(24)21-19(26)23-22-18(25)12-10-14-6-2-1-3-7-14/h1-9,11,13H,10,12H2,(H,22,25)(H2,21,23,24,26)/b13-11+. The molecule has 2 amide bonds. The van der Waals surface area contributed by atoms with Crippen molar-refractivity contribution >= 4 is 46.8 Å². The molecular formula is C19H18ClN3O2S. The van der Waals surface area contributed by atoms with Gasteiger partial charge in [0.2, 0.25) is 11.8 Å². The van der Waals surface area contributed by atoms with E-state index in [1.807, 2.05) is 36.4 Å². The normalized spacial score (nSPS) is 10.3. The Kier molecular flexibility index (Phi) is 7.79. The predicted octanol–water partition coefficient (Wildman–Crippen LogP) is 3.01. The van der Waals surface area contributed by atoms with E-state index in [2.05, 4.69) is 16.2 Å². The molecule has 2 aromatic carbocycles. The molecule has 0 unspecified atom stereocenters. The molecule has 0 radical (unpaired) electrons. The van der Waals surface area contributed by atoms with Crippen LogP contribution in [-0.4, -0.2) is 16.9 Å². The minimum absolute atomic E-state index is 0.00636. The van der Waals surface area contributed by atoms with Crippen molar-refractivity contribution in [2.24, 2.45) is 0 Å². The number of hydrogen-bond acceptors (Lipinski definition) is 3. The van der Waals surface area contributed by atoms with Gasteiger partial charge in [-0.3, -0.25) is 25.8 Å². The molecule has 26 heavy (non-hydrogen) atoms. The van der Waals surface area contributed by atoms with Crippen LogP contribution in [0.4, 0.5) is 0 Å². The van der Waals surface area contributed by atoms with E-state index in [0.29, 0.717) is 17.9 Å². The number of carbonyl (C=O) groups is 2. The number of thiocarbonyl (C=S) groups is 1. The van der Waals surface area contributed by atoms with E-state index in [1.54, 1.807) is 24.3 Å². The van der Waals surface area contributed by atoms with Crippen LogP contribution in [0.1, 0.15) is 17.5 Å². The monoisotopic (exact) mass is 387 g/mol. The molecule has 7 heteroatoms. The molecule has 2 rings (SSSR count). The van der Waals surface area contributed by atoms with Crippen LogP contribution in [0, 0.1) is 0 Å². The molecule has 0 fully saturated rings. The van der Waals surface area contributed by atoms with Gasteiger partial charge in [-0.25, -0.2) is 0 Å². The maximum absolute atomic E-state index is 11.8. The van der Waals surface area contributed by atoms with Crippen LogP contribution in [0.15, 0.2) is 60.7 Å². The van der Waals surface area contributed by atoms with Crippen LogP contribution in [0.2, 0.25) is 5.02 Å². The van der Waals surface area contributed by atoms with E-state index in [1.165, 1.54) is 6.08 Å². The Hall–Kier alpha value is -2.70. The van der Waals surface area contributed by atoms with Crippen molar-refractivity contribution in [2.45, 2.75) is 12.8 Å². The highest BCUT2D eigenvalue weighted by atomic mass is 35.5. The lowest BCUT2D eigenvalue weighted by Crippen LogP contribution is -2.48. The lowest BCUT2D eigenvalue weighted by atomic mass is 10.1. The highest BCUT2D eigenvalue weighted by molar-refractivity contribution is 7.80. The van der Waals surface area contributed by atoms with Gasteiger partial charge >= 0.3 is 0 Å². The van der Waals surface area contributed by atoms with Gasteiger partial charge in [0.1, 0.15) is 0 Å². The van der Waals surface area contributed by atoms with E-state index >= 15 is 0 Å². The summed E-state index contributed by atoms with van der Waals surface area (Å²) in [5.74, 6) is -0.655. The van der Waals surface area contributed by atoms with Gasteiger partial charge in [0.25, 0.3) is 0 Å². The van der Waals surface area contributed by atoms with E-state index in [9.17, 15) is 9.59 Å². The number of nitrogens with one attached hydrogen (secondary N) is 3. The first-order chi connectivity index (χ1) is 12.5. The number of halogens is 1. The molecule has 0 saturated heterocycles. The SMILES string of the molecule is O=C(/C=C/c1ccccc1Cl)NC(=S)NNC(=O)CCc1ccccc1. The van der Waals surface area contributed by atoms with Crippen LogP contribution in [0.25, 0.3) is 6.08 Å². The predicted molar refractivity (Wildman–Crippen MR) is 107 cm³/mol. The van der Waals surface area contributed by atoms with Crippen LogP contribution in [0.3, 0.4) is 0 Å². The summed E-state index contributed by atoms with van der Waals surface area (Å²) in [4.78, 5) is 23.6. The quantitative estimate of drug-likeness (QED) is 0.419. The molecule has 5 nitrogen and oxygen atoms in total. The zero-order chi connectivity index (χ0) is 18.8. The van der Waals surface area contributed by atoms with Gasteiger partial charge in [-0.2, -0.15) is 0 Å². The summed E-state index contributed by atoms with van der Waals surface area (Å²) >= 11 is 11.0. The van der Waals surface area contributed by atoms with Crippen LogP contribution in [0.5, 0.6) is 0 Å². The summed E-state index contributed by atoms with van der Waals surface area (Å²) in [7, 11) is 0. The smallest absolute Gasteiger partial charge is 0.250 e. The number of benzene rings is 2. The molecule has 0 aliphatic heterocycles. The molecule has 134 valence electrons. The Morgan fingerprint density at radius 1 is 1.00 bits per heavy atom. The van der Waals surface area contributed by atoms with Gasteiger partial charge < -0.3 is 0 Å². The Morgan fingerprint density at radius 3 is 2.42 bits per heavy atom. The fourth-order valence-electron chi connectivity index (χ4n) is 2.05. The first-order valence-electron chi connectivity index (χ1n) is 7.91. The molecule has 0 aromatic heterocycles. The van der Waals surface area contributed by atoms with Gasteiger partial charge in [0, 0.05) is 17.5 Å². The summed E-state index contributed by atoms with van der Waals surface area (Å²) in [6, 6.07) is 16.8. The molecular weight excluding hydrogens is 370 g/mol. The maximum atomic E-state index is 11.8. The van der Waals surface area contributed by atoms with Gasteiger partial charge in [0.15, 0.2) is 5.11 Å². The molecule has 2 aromatic rings. The van der Waals surface area contributed by atoms with E-state index < -0.39 is 5.91 Å². The van der Waals surface area contributed by atoms with Crippen molar-refractivity contribution in [3.8, 4) is 0 Å². The second kappa shape index (κ2) is 10.3. The molecule has 0 aliphatic carbocycles. The molecule has 0 atom stereocenters. The summed E-state index contributed by atoms with van der Waals surface area (Å²) in [5.41, 5.74) is 6.74. The van der Waals surface area contributed by atoms with Crippen molar-refractivity contribution in [3.63, 3.8) is 0 Å². The van der Waals surface area contributed by atoms with Crippen LogP contribution < -0.4 is 16.2 Å². The Balaban J connectivity index is 1.70. The van der Waals surface area contributed by atoms with Gasteiger partial charge in [0.05, 0.1) is 0 Å². The van der Waals surface area contributed by atoms with Gasteiger partial charge in [-0.15, -0.1) is 0 Å². The van der Waals surface area contributed by atoms with E-state index in [4.69, 9.17) is 23.8 Å². The van der Waals surface area contributed by atoms with Gasteiger partial charge in [-0.1, -0.05) is 60.1 Å². The molecule has 0 bridgehead atoms. The first-order valence-corrected chi connectivity index (χ1v) is 8.69. The number of amides is 2. The largest absolute Gasteiger partial charge is 0.298 e. The van der Waals surface area contributed by atoms with Crippen molar-refractivity contribution in [2.75, 3.05) is 0 Å². The summed E-state index contributed by atoms with van der Waals surface area (Å²) < 4.78 is 0. The average Bonchev–Trinajstić information content (AvgIpc) is 2.65. The second-order valence-corrected chi connectivity index (χ2v) is 6.15. The van der Waals surface area contributed by atoms with Crippen molar-refractivity contribution < 1.29 is 9.59 Å². The number of carbonyl (C=O) groups excluding carboxylic acids is 2. The average molecular weight is 388 g/mol. The number of hydrazine groups is 1. The van der Waals surface area contributed by atoms with Crippen LogP contribution >= 0.6 is 23.8 Å². The third-order valence-electron chi connectivity index (χ3n) is 3.36. The maximum Gasteiger partial charge on any atom is 0.250 e. The fraction of sp³-hybridized carbons (Fsp3) is 0.105. The number of rotatable bonds is 5. The topological polar surface area (TPSA) is 70.2 Å². The number of aryl methyl sites for hydroxylation is 1. The molecule has 0 aliphatic rings. The summed E-state index contributed by atoms with van der Waals surface area (Å²) in [5, 5.41) is 2.99. The third-order valence-corrected chi connectivity index (χ3v) is 3.90. The highest BCUT2D eigenvalue weighted by Gasteiger charge is 2.05. The zero-order valence-corrected chi connectivity index (χ0v) is 15.4. The minimum Gasteiger partial charge on any atom is -0.298 e. The Morgan fingerprint density at radius 2 is 1.69 bits per heavy atom. The molecule has 0 spiro atoms. The number of hydrogen-bond donors (Lipinski definition) is 3. The van der Waals surface area contributed by atoms with Crippen molar-refractivity contribution in [1.82, 2.24) is 16.2 Å². The highest BCUT2D eigenvalue weighted by Crippen LogP contribution is 2.15. The minimum atomic E-state index is -0.430. The second-order valence-electron chi connectivity index (χ2n) is 5.33.